The summed E-state index contributed by atoms with van der Waals surface area (Å²) < 4.78 is 12.2. The maximum atomic E-state index is 12.6. The summed E-state index contributed by atoms with van der Waals surface area (Å²) >= 11 is 0. The van der Waals surface area contributed by atoms with E-state index in [1.54, 1.807) is 0 Å². The van der Waals surface area contributed by atoms with Gasteiger partial charge in [0, 0.05) is 25.1 Å². The van der Waals surface area contributed by atoms with Crippen molar-refractivity contribution in [2.75, 3.05) is 19.7 Å². The highest BCUT2D eigenvalue weighted by molar-refractivity contribution is 5.94. The first-order valence-electron chi connectivity index (χ1n) is 8.94. The van der Waals surface area contributed by atoms with E-state index < -0.39 is 0 Å². The van der Waals surface area contributed by atoms with Crippen LogP contribution in [0.3, 0.4) is 0 Å². The third-order valence-electron chi connectivity index (χ3n) is 5.20. The van der Waals surface area contributed by atoms with Crippen LogP contribution in [0.15, 0.2) is 60.7 Å². The lowest BCUT2D eigenvalue weighted by Crippen LogP contribution is -2.46. The molecule has 2 aliphatic heterocycles. The quantitative estimate of drug-likeness (QED) is 0.860. The van der Waals surface area contributed by atoms with Crippen LogP contribution in [0.25, 0.3) is 0 Å². The van der Waals surface area contributed by atoms with Gasteiger partial charge in [-0.2, -0.15) is 0 Å². The Morgan fingerprint density at radius 2 is 1.64 bits per heavy atom. The van der Waals surface area contributed by atoms with E-state index in [4.69, 9.17) is 9.47 Å². The van der Waals surface area contributed by atoms with Crippen molar-refractivity contribution >= 4 is 5.91 Å². The molecule has 4 heteroatoms. The molecule has 2 saturated heterocycles. The van der Waals surface area contributed by atoms with E-state index in [2.05, 4.69) is 0 Å². The maximum absolute atomic E-state index is 12.6. The lowest BCUT2D eigenvalue weighted by molar-refractivity contribution is -0.0395. The molecule has 4 rings (SSSR count). The summed E-state index contributed by atoms with van der Waals surface area (Å²) in [7, 11) is 0. The predicted octanol–water partition coefficient (Wildman–Crippen LogP) is 3.53. The second-order valence-electron chi connectivity index (χ2n) is 6.91. The van der Waals surface area contributed by atoms with Crippen LogP contribution in [0.2, 0.25) is 0 Å². The summed E-state index contributed by atoms with van der Waals surface area (Å²) in [6, 6.07) is 19.4. The van der Waals surface area contributed by atoms with Gasteiger partial charge in [0.25, 0.3) is 5.91 Å². The van der Waals surface area contributed by atoms with Gasteiger partial charge in [0.2, 0.25) is 0 Å². The fourth-order valence-electron chi connectivity index (χ4n) is 3.80. The standard InChI is InChI=1S/C21H23NO3/c23-20(17-7-3-1-4-8-17)22-13-11-21(12-14-22)15-19(16-24-21)25-18-9-5-2-6-10-18/h1-10,19H,11-16H2. The number of para-hydroxylation sites is 1. The molecule has 1 amide bonds. The van der Waals surface area contributed by atoms with E-state index in [0.717, 1.165) is 43.7 Å². The van der Waals surface area contributed by atoms with Crippen LogP contribution < -0.4 is 4.74 Å². The molecule has 130 valence electrons. The van der Waals surface area contributed by atoms with Crippen LogP contribution in [0.5, 0.6) is 5.75 Å². The minimum atomic E-state index is -0.132. The molecule has 0 saturated carbocycles. The fourth-order valence-corrected chi connectivity index (χ4v) is 3.80. The third kappa shape index (κ3) is 3.54. The SMILES string of the molecule is O=C(c1ccccc1)N1CCC2(CC1)CC(Oc1ccccc1)CO2. The number of rotatable bonds is 3. The molecule has 0 bridgehead atoms. The van der Waals surface area contributed by atoms with Crippen LogP contribution in [0.1, 0.15) is 29.6 Å². The van der Waals surface area contributed by atoms with Gasteiger partial charge in [0.05, 0.1) is 12.2 Å². The Bertz CT molecular complexity index is 708. The van der Waals surface area contributed by atoms with Gasteiger partial charge >= 0.3 is 0 Å². The molecule has 1 atom stereocenters. The molecular formula is C21H23NO3. The van der Waals surface area contributed by atoms with Crippen LogP contribution in [0.4, 0.5) is 0 Å². The Balaban J connectivity index is 1.33. The summed E-state index contributed by atoms with van der Waals surface area (Å²) in [6.45, 7) is 2.11. The van der Waals surface area contributed by atoms with Gasteiger partial charge in [-0.15, -0.1) is 0 Å². The predicted molar refractivity (Wildman–Crippen MR) is 95.7 cm³/mol. The third-order valence-corrected chi connectivity index (χ3v) is 5.20. The Morgan fingerprint density at radius 3 is 2.32 bits per heavy atom. The van der Waals surface area contributed by atoms with E-state index in [0.29, 0.717) is 6.61 Å². The summed E-state index contributed by atoms with van der Waals surface area (Å²) in [5.74, 6) is 1.01. The number of ether oxygens (including phenoxy) is 2. The van der Waals surface area contributed by atoms with E-state index >= 15 is 0 Å². The first kappa shape index (κ1) is 16.2. The smallest absolute Gasteiger partial charge is 0.253 e. The number of carbonyl (C=O) groups is 1. The van der Waals surface area contributed by atoms with Crippen molar-refractivity contribution in [3.63, 3.8) is 0 Å². The Kier molecular flexibility index (Phi) is 4.45. The lowest BCUT2D eigenvalue weighted by atomic mass is 9.87. The molecule has 0 N–H and O–H groups in total. The zero-order valence-electron chi connectivity index (χ0n) is 14.3. The van der Waals surface area contributed by atoms with Gasteiger partial charge in [0.1, 0.15) is 11.9 Å². The normalized spacial score (nSPS) is 22.1. The monoisotopic (exact) mass is 337 g/mol. The average molecular weight is 337 g/mol. The summed E-state index contributed by atoms with van der Waals surface area (Å²) in [4.78, 5) is 14.5. The molecule has 2 fully saturated rings. The van der Waals surface area contributed by atoms with Gasteiger partial charge in [-0.1, -0.05) is 36.4 Å². The largest absolute Gasteiger partial charge is 0.488 e. The van der Waals surface area contributed by atoms with Gasteiger partial charge in [-0.05, 0) is 37.1 Å². The molecule has 2 aromatic rings. The molecule has 0 radical (unpaired) electrons. The lowest BCUT2D eigenvalue weighted by Gasteiger charge is -2.38. The summed E-state index contributed by atoms with van der Waals surface area (Å²) in [6.07, 6.45) is 2.74. The summed E-state index contributed by atoms with van der Waals surface area (Å²) in [5, 5.41) is 0. The van der Waals surface area contributed by atoms with Crippen molar-refractivity contribution in [3.8, 4) is 5.75 Å². The second kappa shape index (κ2) is 6.89. The van der Waals surface area contributed by atoms with E-state index in [9.17, 15) is 4.79 Å². The highest BCUT2D eigenvalue weighted by Crippen LogP contribution is 2.37. The van der Waals surface area contributed by atoms with E-state index in [-0.39, 0.29) is 17.6 Å². The van der Waals surface area contributed by atoms with Crippen molar-refractivity contribution in [3.05, 3.63) is 66.2 Å². The highest BCUT2D eigenvalue weighted by atomic mass is 16.6. The molecule has 0 aliphatic carbocycles. The molecular weight excluding hydrogens is 314 g/mol. The molecule has 1 spiro atoms. The van der Waals surface area contributed by atoms with Gasteiger partial charge < -0.3 is 14.4 Å². The molecule has 25 heavy (non-hydrogen) atoms. The number of likely N-dealkylation sites (tertiary alicyclic amines) is 1. The number of hydrogen-bond donors (Lipinski definition) is 0. The number of piperidine rings is 1. The number of carbonyl (C=O) groups excluding carboxylic acids is 1. The Hall–Kier alpha value is -2.33. The molecule has 2 aromatic carbocycles. The van der Waals surface area contributed by atoms with Crippen molar-refractivity contribution < 1.29 is 14.3 Å². The van der Waals surface area contributed by atoms with Gasteiger partial charge in [0.15, 0.2) is 0 Å². The summed E-state index contributed by atoms with van der Waals surface area (Å²) in [5.41, 5.74) is 0.628. The topological polar surface area (TPSA) is 38.8 Å². The fraction of sp³-hybridized carbons (Fsp3) is 0.381. The molecule has 2 aliphatic rings. The Labute approximate surface area is 148 Å². The zero-order valence-corrected chi connectivity index (χ0v) is 14.3. The van der Waals surface area contributed by atoms with Crippen molar-refractivity contribution in [2.45, 2.75) is 31.0 Å². The van der Waals surface area contributed by atoms with Crippen molar-refractivity contribution in [1.29, 1.82) is 0 Å². The number of hydrogen-bond acceptors (Lipinski definition) is 3. The highest BCUT2D eigenvalue weighted by Gasteiger charge is 2.44. The molecule has 4 nitrogen and oxygen atoms in total. The van der Waals surface area contributed by atoms with Crippen LogP contribution in [0, 0.1) is 0 Å². The van der Waals surface area contributed by atoms with Gasteiger partial charge in [-0.3, -0.25) is 4.79 Å². The van der Waals surface area contributed by atoms with Crippen molar-refractivity contribution in [1.82, 2.24) is 4.90 Å². The van der Waals surface area contributed by atoms with Gasteiger partial charge in [-0.25, -0.2) is 0 Å². The zero-order chi connectivity index (χ0) is 17.1. The van der Waals surface area contributed by atoms with Crippen LogP contribution >= 0.6 is 0 Å². The Morgan fingerprint density at radius 1 is 1.00 bits per heavy atom. The van der Waals surface area contributed by atoms with Crippen molar-refractivity contribution in [2.24, 2.45) is 0 Å². The number of benzene rings is 2. The number of nitrogens with zero attached hydrogens (tertiary/aromatic N) is 1. The second-order valence-corrected chi connectivity index (χ2v) is 6.91. The first-order chi connectivity index (χ1) is 12.2. The van der Waals surface area contributed by atoms with E-state index in [1.807, 2.05) is 65.6 Å². The average Bonchev–Trinajstić information content (AvgIpc) is 3.05. The van der Waals surface area contributed by atoms with Crippen LogP contribution in [-0.4, -0.2) is 42.2 Å². The first-order valence-corrected chi connectivity index (χ1v) is 8.94. The maximum Gasteiger partial charge on any atom is 0.253 e. The van der Waals surface area contributed by atoms with Crippen LogP contribution in [-0.2, 0) is 4.74 Å². The minimum absolute atomic E-state index is 0.0961. The molecule has 0 aromatic heterocycles. The minimum Gasteiger partial charge on any atom is -0.488 e. The molecule has 1 unspecified atom stereocenters. The van der Waals surface area contributed by atoms with E-state index in [1.165, 1.54) is 0 Å². The molecule has 2 heterocycles. The number of amides is 1.